The Kier molecular flexibility index (Phi) is 5.21. The van der Waals surface area contributed by atoms with Crippen LogP contribution in [0.2, 0.25) is 0 Å². The van der Waals surface area contributed by atoms with Crippen LogP contribution in [0.15, 0.2) is 18.3 Å². The first kappa shape index (κ1) is 15.8. The molecule has 116 valence electrons. The van der Waals surface area contributed by atoms with Crippen molar-refractivity contribution in [3.8, 4) is 0 Å². The summed E-state index contributed by atoms with van der Waals surface area (Å²) < 4.78 is 0. The van der Waals surface area contributed by atoms with Gasteiger partial charge in [-0.3, -0.25) is 4.79 Å². The highest BCUT2D eigenvalue weighted by Crippen LogP contribution is 2.30. The van der Waals surface area contributed by atoms with Crippen LogP contribution in [0.5, 0.6) is 0 Å². The van der Waals surface area contributed by atoms with E-state index in [0.29, 0.717) is 5.41 Å². The lowest BCUT2D eigenvalue weighted by Crippen LogP contribution is -2.32. The van der Waals surface area contributed by atoms with Gasteiger partial charge in [-0.25, -0.2) is 4.98 Å². The van der Waals surface area contributed by atoms with E-state index in [1.807, 2.05) is 17.0 Å². The molecule has 0 saturated carbocycles. The molecule has 4 heteroatoms. The largest absolute Gasteiger partial charge is 0.370 e. The Labute approximate surface area is 127 Å². The Morgan fingerprint density at radius 2 is 2.19 bits per heavy atom. The van der Waals surface area contributed by atoms with Crippen molar-refractivity contribution in [3.63, 3.8) is 0 Å². The van der Waals surface area contributed by atoms with Crippen LogP contribution in [-0.4, -0.2) is 35.4 Å². The molecule has 0 bridgehead atoms. The van der Waals surface area contributed by atoms with Gasteiger partial charge in [-0.15, -0.1) is 0 Å². The molecular weight excluding hydrogens is 262 g/mol. The lowest BCUT2D eigenvalue weighted by atomic mass is 9.85. The van der Waals surface area contributed by atoms with Crippen molar-refractivity contribution < 1.29 is 4.79 Å². The van der Waals surface area contributed by atoms with Gasteiger partial charge in [0.05, 0.1) is 0 Å². The maximum absolute atomic E-state index is 12.7. The van der Waals surface area contributed by atoms with E-state index in [0.717, 1.165) is 50.3 Å². The smallest absolute Gasteiger partial charge is 0.254 e. The van der Waals surface area contributed by atoms with Crippen molar-refractivity contribution in [1.82, 2.24) is 9.88 Å². The van der Waals surface area contributed by atoms with Crippen molar-refractivity contribution in [2.24, 2.45) is 5.41 Å². The Morgan fingerprint density at radius 3 is 2.95 bits per heavy atom. The van der Waals surface area contributed by atoms with E-state index in [-0.39, 0.29) is 5.91 Å². The number of likely N-dealkylation sites (tertiary alicyclic amines) is 1. The van der Waals surface area contributed by atoms with Gasteiger partial charge in [-0.05, 0) is 43.2 Å². The zero-order valence-corrected chi connectivity index (χ0v) is 13.5. The van der Waals surface area contributed by atoms with Crippen molar-refractivity contribution in [3.05, 3.63) is 23.9 Å². The summed E-state index contributed by atoms with van der Waals surface area (Å²) in [6.07, 6.45) is 6.11. The van der Waals surface area contributed by atoms with Crippen molar-refractivity contribution in [1.29, 1.82) is 0 Å². The van der Waals surface area contributed by atoms with Crippen LogP contribution in [0.25, 0.3) is 0 Å². The second-order valence-electron chi connectivity index (χ2n) is 6.67. The topological polar surface area (TPSA) is 45.2 Å². The van der Waals surface area contributed by atoms with E-state index >= 15 is 0 Å². The molecule has 1 aromatic rings. The van der Waals surface area contributed by atoms with Crippen LogP contribution in [0.1, 0.15) is 56.8 Å². The summed E-state index contributed by atoms with van der Waals surface area (Å²) >= 11 is 0. The highest BCUT2D eigenvalue weighted by molar-refractivity contribution is 5.94. The number of aromatic nitrogens is 1. The second-order valence-corrected chi connectivity index (χ2v) is 6.67. The lowest BCUT2D eigenvalue weighted by molar-refractivity contribution is 0.0757. The molecule has 1 aromatic heterocycles. The molecule has 0 atom stereocenters. The molecule has 0 aliphatic carbocycles. The normalized spacial score (nSPS) is 18.1. The van der Waals surface area contributed by atoms with Crippen molar-refractivity contribution in [2.45, 2.75) is 46.5 Å². The number of pyridine rings is 1. The third-order valence-corrected chi connectivity index (χ3v) is 4.19. The van der Waals surface area contributed by atoms with E-state index < -0.39 is 0 Å². The summed E-state index contributed by atoms with van der Waals surface area (Å²) in [5, 5.41) is 3.24. The quantitative estimate of drug-likeness (QED) is 0.922. The van der Waals surface area contributed by atoms with Crippen LogP contribution in [0.3, 0.4) is 0 Å². The number of nitrogens with zero attached hydrogens (tertiary/aromatic N) is 2. The fourth-order valence-electron chi connectivity index (χ4n) is 2.72. The minimum Gasteiger partial charge on any atom is -0.370 e. The molecule has 1 fully saturated rings. The minimum absolute atomic E-state index is 0.134. The number of rotatable bonds is 4. The van der Waals surface area contributed by atoms with Gasteiger partial charge in [0, 0.05) is 31.4 Å². The van der Waals surface area contributed by atoms with E-state index in [9.17, 15) is 4.79 Å². The maximum Gasteiger partial charge on any atom is 0.254 e. The zero-order valence-electron chi connectivity index (χ0n) is 13.5. The average molecular weight is 289 g/mol. The number of hydrogen-bond acceptors (Lipinski definition) is 3. The molecule has 21 heavy (non-hydrogen) atoms. The van der Waals surface area contributed by atoms with Gasteiger partial charge in [0.1, 0.15) is 5.82 Å². The summed E-state index contributed by atoms with van der Waals surface area (Å²) in [6.45, 7) is 9.29. The molecule has 1 aliphatic heterocycles. The van der Waals surface area contributed by atoms with Crippen LogP contribution in [0.4, 0.5) is 5.82 Å². The van der Waals surface area contributed by atoms with Crippen LogP contribution in [-0.2, 0) is 0 Å². The second kappa shape index (κ2) is 6.92. The molecule has 2 heterocycles. The van der Waals surface area contributed by atoms with Gasteiger partial charge >= 0.3 is 0 Å². The number of nitrogens with one attached hydrogen (secondary N) is 1. The fourth-order valence-corrected chi connectivity index (χ4v) is 2.72. The molecule has 0 aromatic carbocycles. The summed E-state index contributed by atoms with van der Waals surface area (Å²) in [5.74, 6) is 0.924. The van der Waals surface area contributed by atoms with Gasteiger partial charge in [0.15, 0.2) is 0 Å². The highest BCUT2D eigenvalue weighted by Gasteiger charge is 2.26. The molecular formula is C17H27N3O. The van der Waals surface area contributed by atoms with E-state index in [2.05, 4.69) is 31.1 Å². The van der Waals surface area contributed by atoms with Crippen LogP contribution < -0.4 is 5.32 Å². The Hall–Kier alpha value is -1.58. The summed E-state index contributed by atoms with van der Waals surface area (Å²) in [4.78, 5) is 18.9. The summed E-state index contributed by atoms with van der Waals surface area (Å²) in [6, 6.07) is 3.68. The zero-order chi connectivity index (χ0) is 15.3. The summed E-state index contributed by atoms with van der Waals surface area (Å²) in [5.41, 5.74) is 1.09. The molecule has 0 radical (unpaired) electrons. The number of hydrogen-bond donors (Lipinski definition) is 1. The first-order chi connectivity index (χ1) is 10.0. The molecule has 0 unspecified atom stereocenters. The van der Waals surface area contributed by atoms with Gasteiger partial charge in [-0.2, -0.15) is 0 Å². The standard InChI is InChI=1S/C17H27N3O/c1-4-9-18-15-13-14(6-10-19-15)16(21)20-11-5-7-17(2,3)8-12-20/h6,10,13H,4-5,7-9,11-12H2,1-3H3,(H,18,19). The molecule has 1 saturated heterocycles. The monoisotopic (exact) mass is 289 g/mol. The third kappa shape index (κ3) is 4.45. The Bertz CT molecular complexity index is 485. The van der Waals surface area contributed by atoms with Crippen molar-refractivity contribution in [2.75, 3.05) is 25.0 Å². The Balaban J connectivity index is 2.05. The third-order valence-electron chi connectivity index (χ3n) is 4.19. The lowest BCUT2D eigenvalue weighted by Gasteiger charge is -2.23. The number of carbonyl (C=O) groups excluding carboxylic acids is 1. The Morgan fingerprint density at radius 1 is 1.38 bits per heavy atom. The predicted molar refractivity (Wildman–Crippen MR) is 86.6 cm³/mol. The average Bonchev–Trinajstić information content (AvgIpc) is 2.65. The molecule has 4 nitrogen and oxygen atoms in total. The highest BCUT2D eigenvalue weighted by atomic mass is 16.2. The molecule has 2 rings (SSSR count). The first-order valence-corrected chi connectivity index (χ1v) is 8.01. The minimum atomic E-state index is 0.134. The van der Waals surface area contributed by atoms with Gasteiger partial charge in [0.2, 0.25) is 0 Å². The van der Waals surface area contributed by atoms with Crippen molar-refractivity contribution >= 4 is 11.7 Å². The molecule has 1 N–H and O–H groups in total. The molecule has 1 aliphatic rings. The van der Waals surface area contributed by atoms with Crippen LogP contribution in [0, 0.1) is 5.41 Å². The summed E-state index contributed by atoms with van der Waals surface area (Å²) in [7, 11) is 0. The van der Waals surface area contributed by atoms with E-state index in [4.69, 9.17) is 0 Å². The van der Waals surface area contributed by atoms with E-state index in [1.165, 1.54) is 6.42 Å². The number of carbonyl (C=O) groups is 1. The predicted octanol–water partition coefficient (Wildman–Crippen LogP) is 3.56. The molecule has 0 spiro atoms. The van der Waals surface area contributed by atoms with Gasteiger partial charge < -0.3 is 10.2 Å². The van der Waals surface area contributed by atoms with Crippen LogP contribution >= 0.6 is 0 Å². The fraction of sp³-hybridized carbons (Fsp3) is 0.647. The molecule has 1 amide bonds. The van der Waals surface area contributed by atoms with Gasteiger partial charge in [0.25, 0.3) is 5.91 Å². The SMILES string of the molecule is CCCNc1cc(C(=O)N2CCCC(C)(C)CC2)ccn1. The maximum atomic E-state index is 12.7. The number of amides is 1. The van der Waals surface area contributed by atoms with Gasteiger partial charge in [-0.1, -0.05) is 20.8 Å². The first-order valence-electron chi connectivity index (χ1n) is 8.01. The van der Waals surface area contributed by atoms with E-state index in [1.54, 1.807) is 6.20 Å². The number of anilines is 1.